The van der Waals surface area contributed by atoms with Gasteiger partial charge in [0, 0.05) is 18.0 Å². The van der Waals surface area contributed by atoms with Crippen LogP contribution < -0.4 is 5.32 Å². The Morgan fingerprint density at radius 2 is 1.83 bits per heavy atom. The van der Waals surface area contributed by atoms with Gasteiger partial charge in [0.15, 0.2) is 0 Å². The second-order valence-corrected chi connectivity index (χ2v) is 7.87. The van der Waals surface area contributed by atoms with Gasteiger partial charge in [-0.05, 0) is 66.9 Å². The van der Waals surface area contributed by atoms with Gasteiger partial charge in [-0.1, -0.05) is 30.3 Å². The number of nitrogens with one attached hydrogen (secondary N) is 1. The maximum Gasteiger partial charge on any atom is 0.0328 e. The number of rotatable bonds is 3. The van der Waals surface area contributed by atoms with Crippen molar-refractivity contribution in [2.45, 2.75) is 25.8 Å². The zero-order valence-corrected chi connectivity index (χ0v) is 15.1. The number of hydrogen-bond acceptors (Lipinski definition) is 3. The average Bonchev–Trinajstić information content (AvgIpc) is 3.17. The van der Waals surface area contributed by atoms with E-state index >= 15 is 0 Å². The number of thiophene rings is 1. The van der Waals surface area contributed by atoms with E-state index in [0.717, 1.165) is 6.54 Å². The van der Waals surface area contributed by atoms with Gasteiger partial charge in [0.25, 0.3) is 0 Å². The van der Waals surface area contributed by atoms with Crippen molar-refractivity contribution in [2.24, 2.45) is 5.41 Å². The average molecular weight is 349 g/mol. The first-order chi connectivity index (χ1) is 10.8. The Balaban J connectivity index is 0.00000156. The minimum Gasteiger partial charge on any atom is -0.317 e. The Hall–Kier alpha value is -0.870. The number of hydrogen-bond donors (Lipinski definition) is 1. The Bertz CT molecular complexity index is 619. The van der Waals surface area contributed by atoms with Crippen molar-refractivity contribution in [1.82, 2.24) is 10.2 Å². The zero-order valence-electron chi connectivity index (χ0n) is 13.5. The molecule has 1 aromatic heterocycles. The van der Waals surface area contributed by atoms with Gasteiger partial charge < -0.3 is 5.32 Å². The Kier molecular flexibility index (Phi) is 5.42. The molecule has 0 atom stereocenters. The second-order valence-electron chi connectivity index (χ2n) is 6.88. The van der Waals surface area contributed by atoms with Crippen LogP contribution in [0.5, 0.6) is 0 Å². The van der Waals surface area contributed by atoms with Crippen molar-refractivity contribution in [3.05, 3.63) is 46.7 Å². The van der Waals surface area contributed by atoms with E-state index in [-0.39, 0.29) is 12.4 Å². The molecule has 2 aliphatic rings. The molecular weight excluding hydrogens is 324 g/mol. The summed E-state index contributed by atoms with van der Waals surface area (Å²) < 4.78 is 0. The number of piperidine rings is 1. The molecule has 4 heteroatoms. The first-order valence-corrected chi connectivity index (χ1v) is 9.27. The van der Waals surface area contributed by atoms with E-state index in [2.05, 4.69) is 52.0 Å². The van der Waals surface area contributed by atoms with Crippen LogP contribution in [0.3, 0.4) is 0 Å². The highest BCUT2D eigenvalue weighted by Gasteiger charge is 2.38. The standard InChI is InChI=1S/C19H24N2S.ClH/c1-2-4-16(5-3-1)17-12-18(22-14-17)13-21-11-8-19(15-21)6-9-20-10-7-19;/h1-5,12,14,20H,6-11,13,15H2;1H. The maximum absolute atomic E-state index is 3.51. The maximum atomic E-state index is 3.51. The van der Waals surface area contributed by atoms with Crippen LogP contribution in [-0.2, 0) is 6.54 Å². The monoisotopic (exact) mass is 348 g/mol. The Morgan fingerprint density at radius 1 is 1.04 bits per heavy atom. The molecule has 1 spiro atoms. The first kappa shape index (κ1) is 17.0. The molecule has 2 nitrogen and oxygen atoms in total. The largest absolute Gasteiger partial charge is 0.317 e. The third-order valence-corrected chi connectivity index (χ3v) is 6.24. The topological polar surface area (TPSA) is 15.3 Å². The van der Waals surface area contributed by atoms with Gasteiger partial charge in [-0.25, -0.2) is 0 Å². The molecule has 1 aromatic carbocycles. The highest BCUT2D eigenvalue weighted by molar-refractivity contribution is 7.10. The lowest BCUT2D eigenvalue weighted by Crippen LogP contribution is -2.38. The molecule has 2 aliphatic heterocycles. The quantitative estimate of drug-likeness (QED) is 0.883. The summed E-state index contributed by atoms with van der Waals surface area (Å²) in [5, 5.41) is 5.81. The minimum atomic E-state index is 0. The van der Waals surface area contributed by atoms with Crippen molar-refractivity contribution in [3.63, 3.8) is 0 Å². The molecule has 1 N–H and O–H groups in total. The highest BCUT2D eigenvalue weighted by atomic mass is 35.5. The molecule has 124 valence electrons. The summed E-state index contributed by atoms with van der Waals surface area (Å²) in [5.74, 6) is 0. The fourth-order valence-electron chi connectivity index (χ4n) is 3.99. The SMILES string of the molecule is Cl.c1ccc(-c2csc(CN3CCC4(CCNCC4)C3)c2)cc1. The van der Waals surface area contributed by atoms with Crippen LogP contribution in [0.25, 0.3) is 11.1 Å². The molecular formula is C19H25ClN2S. The van der Waals surface area contributed by atoms with Crippen molar-refractivity contribution < 1.29 is 0 Å². The smallest absolute Gasteiger partial charge is 0.0328 e. The normalized spacial score (nSPS) is 20.5. The van der Waals surface area contributed by atoms with E-state index in [0.29, 0.717) is 5.41 Å². The van der Waals surface area contributed by atoms with Crippen LogP contribution in [0.15, 0.2) is 41.8 Å². The van der Waals surface area contributed by atoms with E-state index in [1.165, 1.54) is 61.4 Å². The first-order valence-electron chi connectivity index (χ1n) is 8.39. The summed E-state index contributed by atoms with van der Waals surface area (Å²) >= 11 is 1.91. The molecule has 2 aromatic rings. The fourth-order valence-corrected chi connectivity index (χ4v) is 4.93. The zero-order chi connectivity index (χ0) is 14.8. The molecule has 4 rings (SSSR count). The number of halogens is 1. The Morgan fingerprint density at radius 3 is 2.61 bits per heavy atom. The van der Waals surface area contributed by atoms with Crippen LogP contribution in [-0.4, -0.2) is 31.1 Å². The molecule has 0 bridgehead atoms. The molecule has 0 amide bonds. The lowest BCUT2D eigenvalue weighted by atomic mass is 9.78. The predicted octanol–water partition coefficient (Wildman–Crippen LogP) is 4.41. The highest BCUT2D eigenvalue weighted by Crippen LogP contribution is 2.39. The van der Waals surface area contributed by atoms with Crippen LogP contribution in [0.4, 0.5) is 0 Å². The van der Waals surface area contributed by atoms with Gasteiger partial charge >= 0.3 is 0 Å². The van der Waals surface area contributed by atoms with Gasteiger partial charge in [-0.15, -0.1) is 23.7 Å². The van der Waals surface area contributed by atoms with E-state index in [1.54, 1.807) is 0 Å². The number of benzene rings is 1. The van der Waals surface area contributed by atoms with E-state index in [4.69, 9.17) is 0 Å². The molecule has 0 aliphatic carbocycles. The summed E-state index contributed by atoms with van der Waals surface area (Å²) in [6.07, 6.45) is 4.12. The van der Waals surface area contributed by atoms with Crippen LogP contribution in [0.1, 0.15) is 24.1 Å². The third kappa shape index (κ3) is 3.80. The molecule has 0 radical (unpaired) electrons. The lowest BCUT2D eigenvalue weighted by Gasteiger charge is -2.33. The second kappa shape index (κ2) is 7.35. The van der Waals surface area contributed by atoms with Crippen LogP contribution in [0, 0.1) is 5.41 Å². The third-order valence-electron chi connectivity index (χ3n) is 5.32. The molecule has 2 saturated heterocycles. The van der Waals surface area contributed by atoms with Crippen molar-refractivity contribution in [1.29, 1.82) is 0 Å². The number of likely N-dealkylation sites (tertiary alicyclic amines) is 1. The van der Waals surface area contributed by atoms with E-state index < -0.39 is 0 Å². The van der Waals surface area contributed by atoms with Gasteiger partial charge in [0.1, 0.15) is 0 Å². The van der Waals surface area contributed by atoms with Gasteiger partial charge in [0.2, 0.25) is 0 Å². The van der Waals surface area contributed by atoms with Crippen molar-refractivity contribution >= 4 is 23.7 Å². The molecule has 0 saturated carbocycles. The minimum absolute atomic E-state index is 0. The summed E-state index contributed by atoms with van der Waals surface area (Å²) in [6, 6.07) is 13.1. The molecule has 0 unspecified atom stereocenters. The molecule has 3 heterocycles. The van der Waals surface area contributed by atoms with Crippen LogP contribution >= 0.6 is 23.7 Å². The summed E-state index contributed by atoms with van der Waals surface area (Å²) in [7, 11) is 0. The summed E-state index contributed by atoms with van der Waals surface area (Å²) in [4.78, 5) is 4.18. The van der Waals surface area contributed by atoms with Crippen molar-refractivity contribution in [3.8, 4) is 11.1 Å². The lowest BCUT2D eigenvalue weighted by molar-refractivity contribution is 0.194. The summed E-state index contributed by atoms with van der Waals surface area (Å²) in [6.45, 7) is 6.13. The van der Waals surface area contributed by atoms with E-state index in [9.17, 15) is 0 Å². The van der Waals surface area contributed by atoms with Gasteiger partial charge in [-0.2, -0.15) is 0 Å². The van der Waals surface area contributed by atoms with Crippen molar-refractivity contribution in [2.75, 3.05) is 26.2 Å². The Labute approximate surface area is 149 Å². The molecule has 2 fully saturated rings. The predicted molar refractivity (Wildman–Crippen MR) is 101 cm³/mol. The van der Waals surface area contributed by atoms with Crippen LogP contribution in [0.2, 0.25) is 0 Å². The van der Waals surface area contributed by atoms with Gasteiger partial charge in [-0.3, -0.25) is 4.90 Å². The van der Waals surface area contributed by atoms with Gasteiger partial charge in [0.05, 0.1) is 0 Å². The molecule has 23 heavy (non-hydrogen) atoms. The summed E-state index contributed by atoms with van der Waals surface area (Å²) in [5.41, 5.74) is 3.32. The van der Waals surface area contributed by atoms with E-state index in [1.807, 2.05) is 11.3 Å². The fraction of sp³-hybridized carbons (Fsp3) is 0.474. The number of nitrogens with zero attached hydrogens (tertiary/aromatic N) is 1.